The molecule has 18 heavy (non-hydrogen) atoms. The minimum absolute atomic E-state index is 0.292. The number of aromatic nitrogens is 1. The second kappa shape index (κ2) is 5.87. The maximum absolute atomic E-state index is 11.8. The van der Waals surface area contributed by atoms with E-state index in [1.807, 2.05) is 41.1 Å². The van der Waals surface area contributed by atoms with E-state index in [2.05, 4.69) is 15.9 Å². The van der Waals surface area contributed by atoms with Crippen LogP contribution in [-0.4, -0.2) is 17.1 Å². The van der Waals surface area contributed by atoms with Crippen LogP contribution in [0, 0.1) is 0 Å². The van der Waals surface area contributed by atoms with Gasteiger partial charge in [0.25, 0.3) is 0 Å². The van der Waals surface area contributed by atoms with E-state index < -0.39 is 0 Å². The number of hydrogen-bond acceptors (Lipinski definition) is 2. The largest absolute Gasteiger partial charge is 0.461 e. The number of rotatable bonds is 4. The van der Waals surface area contributed by atoms with Crippen molar-refractivity contribution in [3.8, 4) is 0 Å². The molecule has 3 nitrogen and oxygen atoms in total. The topological polar surface area (TPSA) is 31.2 Å². The van der Waals surface area contributed by atoms with E-state index in [0.29, 0.717) is 18.8 Å². The second-order valence-electron chi connectivity index (χ2n) is 3.88. The molecule has 0 aliphatic heterocycles. The molecule has 0 aliphatic rings. The number of carbonyl (C=O) groups is 1. The molecule has 94 valence electrons. The molecule has 2 aromatic rings. The minimum Gasteiger partial charge on any atom is -0.461 e. The fourth-order valence-corrected chi connectivity index (χ4v) is 2.23. The quantitative estimate of drug-likeness (QED) is 0.810. The van der Waals surface area contributed by atoms with E-state index in [1.54, 1.807) is 13.0 Å². The van der Waals surface area contributed by atoms with Gasteiger partial charge in [0.1, 0.15) is 5.69 Å². The zero-order valence-corrected chi connectivity index (χ0v) is 11.7. The number of ether oxygens (including phenoxy) is 1. The van der Waals surface area contributed by atoms with Crippen LogP contribution in [0.2, 0.25) is 0 Å². The highest BCUT2D eigenvalue weighted by atomic mass is 79.9. The molecule has 0 spiro atoms. The van der Waals surface area contributed by atoms with E-state index in [1.165, 1.54) is 0 Å². The Morgan fingerprint density at radius 2 is 2.06 bits per heavy atom. The number of carbonyl (C=O) groups excluding carboxylic acids is 1. The molecular formula is C14H14BrNO2. The zero-order valence-electron chi connectivity index (χ0n) is 10.1. The summed E-state index contributed by atoms with van der Waals surface area (Å²) in [7, 11) is 0. The van der Waals surface area contributed by atoms with Crippen molar-refractivity contribution < 1.29 is 9.53 Å². The maximum Gasteiger partial charge on any atom is 0.354 e. The Morgan fingerprint density at radius 3 is 2.72 bits per heavy atom. The van der Waals surface area contributed by atoms with Gasteiger partial charge in [0.05, 0.1) is 6.61 Å². The fourth-order valence-electron chi connectivity index (χ4n) is 1.76. The molecular weight excluding hydrogens is 294 g/mol. The van der Waals surface area contributed by atoms with Crippen molar-refractivity contribution in [1.29, 1.82) is 0 Å². The predicted molar refractivity (Wildman–Crippen MR) is 73.6 cm³/mol. The summed E-state index contributed by atoms with van der Waals surface area (Å²) in [6.07, 6.45) is 1.89. The van der Waals surface area contributed by atoms with Crippen molar-refractivity contribution in [2.75, 3.05) is 6.61 Å². The molecule has 0 N–H and O–H groups in total. The van der Waals surface area contributed by atoms with E-state index in [-0.39, 0.29) is 5.97 Å². The van der Waals surface area contributed by atoms with Gasteiger partial charge in [-0.05, 0) is 34.5 Å². The number of hydrogen-bond donors (Lipinski definition) is 0. The first kappa shape index (κ1) is 12.9. The summed E-state index contributed by atoms with van der Waals surface area (Å²) in [6.45, 7) is 2.84. The lowest BCUT2D eigenvalue weighted by molar-refractivity contribution is 0.0514. The number of benzene rings is 1. The lowest BCUT2D eigenvalue weighted by atomic mass is 10.2. The minimum atomic E-state index is -0.292. The Hall–Kier alpha value is -1.55. The van der Waals surface area contributed by atoms with Crippen LogP contribution in [0.15, 0.2) is 47.1 Å². The molecule has 0 amide bonds. The molecule has 0 saturated heterocycles. The third-order valence-electron chi connectivity index (χ3n) is 2.54. The highest BCUT2D eigenvalue weighted by Gasteiger charge is 2.14. The molecule has 1 aromatic heterocycles. The Bertz CT molecular complexity index is 534. The van der Waals surface area contributed by atoms with Crippen LogP contribution in [0.4, 0.5) is 0 Å². The summed E-state index contributed by atoms with van der Waals surface area (Å²) >= 11 is 3.39. The first-order valence-corrected chi connectivity index (χ1v) is 6.56. The van der Waals surface area contributed by atoms with Crippen LogP contribution in [0.3, 0.4) is 0 Å². The SMILES string of the molecule is CCOC(=O)c1cc(Br)cn1Cc1ccccc1. The normalized spacial score (nSPS) is 10.3. The molecule has 0 atom stereocenters. The standard InChI is InChI=1S/C14H14BrNO2/c1-2-18-14(17)13-8-12(15)10-16(13)9-11-6-4-3-5-7-11/h3-8,10H,2,9H2,1H3. The molecule has 1 heterocycles. The average Bonchev–Trinajstić information content (AvgIpc) is 2.72. The number of nitrogens with zero attached hydrogens (tertiary/aromatic N) is 1. The first-order valence-electron chi connectivity index (χ1n) is 5.77. The molecule has 2 rings (SSSR count). The van der Waals surface area contributed by atoms with Crippen LogP contribution < -0.4 is 0 Å². The highest BCUT2D eigenvalue weighted by molar-refractivity contribution is 9.10. The average molecular weight is 308 g/mol. The fraction of sp³-hybridized carbons (Fsp3) is 0.214. The Balaban J connectivity index is 2.25. The predicted octanol–water partition coefficient (Wildman–Crippen LogP) is 3.48. The molecule has 0 aliphatic carbocycles. The van der Waals surface area contributed by atoms with Crippen LogP contribution in [0.1, 0.15) is 23.0 Å². The van der Waals surface area contributed by atoms with Gasteiger partial charge in [-0.2, -0.15) is 0 Å². The van der Waals surface area contributed by atoms with Crippen molar-refractivity contribution >= 4 is 21.9 Å². The van der Waals surface area contributed by atoms with Gasteiger partial charge >= 0.3 is 5.97 Å². The van der Waals surface area contributed by atoms with Crippen LogP contribution >= 0.6 is 15.9 Å². The molecule has 0 unspecified atom stereocenters. The third-order valence-corrected chi connectivity index (χ3v) is 2.98. The van der Waals surface area contributed by atoms with Gasteiger partial charge in [0.15, 0.2) is 0 Å². The van der Waals surface area contributed by atoms with Gasteiger partial charge in [-0.3, -0.25) is 0 Å². The summed E-state index contributed by atoms with van der Waals surface area (Å²) in [5, 5.41) is 0. The van der Waals surface area contributed by atoms with Gasteiger partial charge in [0, 0.05) is 17.2 Å². The summed E-state index contributed by atoms with van der Waals surface area (Å²) < 4.78 is 7.80. The van der Waals surface area contributed by atoms with Crippen LogP contribution in [0.5, 0.6) is 0 Å². The van der Waals surface area contributed by atoms with Crippen molar-refractivity contribution in [3.63, 3.8) is 0 Å². The smallest absolute Gasteiger partial charge is 0.354 e. The maximum atomic E-state index is 11.8. The monoisotopic (exact) mass is 307 g/mol. The lowest BCUT2D eigenvalue weighted by Crippen LogP contribution is -2.12. The molecule has 0 saturated carbocycles. The molecule has 0 bridgehead atoms. The van der Waals surface area contributed by atoms with Crippen molar-refractivity contribution in [2.24, 2.45) is 0 Å². The van der Waals surface area contributed by atoms with E-state index >= 15 is 0 Å². The summed E-state index contributed by atoms with van der Waals surface area (Å²) in [5.41, 5.74) is 1.71. The second-order valence-corrected chi connectivity index (χ2v) is 4.79. The highest BCUT2D eigenvalue weighted by Crippen LogP contribution is 2.17. The van der Waals surface area contributed by atoms with Crippen molar-refractivity contribution in [1.82, 2.24) is 4.57 Å². The van der Waals surface area contributed by atoms with Crippen molar-refractivity contribution in [3.05, 3.63) is 58.3 Å². The van der Waals surface area contributed by atoms with Gasteiger partial charge in [-0.15, -0.1) is 0 Å². The van der Waals surface area contributed by atoms with Crippen LogP contribution in [0.25, 0.3) is 0 Å². The summed E-state index contributed by atoms with van der Waals surface area (Å²) in [5.74, 6) is -0.292. The van der Waals surface area contributed by atoms with E-state index in [9.17, 15) is 4.79 Å². The number of esters is 1. The molecule has 0 fully saturated rings. The van der Waals surface area contributed by atoms with E-state index in [4.69, 9.17) is 4.74 Å². The first-order chi connectivity index (χ1) is 8.70. The van der Waals surface area contributed by atoms with Gasteiger partial charge < -0.3 is 9.30 Å². The van der Waals surface area contributed by atoms with E-state index in [0.717, 1.165) is 10.0 Å². The number of halogens is 1. The Morgan fingerprint density at radius 1 is 1.33 bits per heavy atom. The molecule has 0 radical (unpaired) electrons. The van der Waals surface area contributed by atoms with Crippen LogP contribution in [-0.2, 0) is 11.3 Å². The summed E-state index contributed by atoms with van der Waals surface area (Å²) in [6, 6.07) is 11.8. The Kier molecular flexibility index (Phi) is 4.20. The van der Waals surface area contributed by atoms with Gasteiger partial charge in [-0.1, -0.05) is 30.3 Å². The Labute approximate surface area is 115 Å². The van der Waals surface area contributed by atoms with Gasteiger partial charge in [-0.25, -0.2) is 4.79 Å². The van der Waals surface area contributed by atoms with Crippen molar-refractivity contribution in [2.45, 2.75) is 13.5 Å². The molecule has 1 aromatic carbocycles. The lowest BCUT2D eigenvalue weighted by Gasteiger charge is -2.08. The summed E-state index contributed by atoms with van der Waals surface area (Å²) in [4.78, 5) is 11.8. The van der Waals surface area contributed by atoms with Gasteiger partial charge in [0.2, 0.25) is 0 Å². The zero-order chi connectivity index (χ0) is 13.0. The molecule has 4 heteroatoms. The third kappa shape index (κ3) is 3.01.